The van der Waals surface area contributed by atoms with Crippen LogP contribution in [0.25, 0.3) is 11.2 Å². The van der Waals surface area contributed by atoms with Crippen LogP contribution in [0, 0.1) is 0 Å². The number of nitrogens with one attached hydrogen (secondary N) is 1. The van der Waals surface area contributed by atoms with Gasteiger partial charge in [-0.25, -0.2) is 9.97 Å². The molecule has 1 atom stereocenters. The summed E-state index contributed by atoms with van der Waals surface area (Å²) in [4.78, 5) is 12.7. The smallest absolute Gasteiger partial charge is 0.180 e. The Bertz CT molecular complexity index is 499. The van der Waals surface area contributed by atoms with E-state index in [1.165, 1.54) is 0 Å². The van der Waals surface area contributed by atoms with Gasteiger partial charge in [-0.1, -0.05) is 0 Å². The van der Waals surface area contributed by atoms with Gasteiger partial charge in [-0.15, -0.1) is 0 Å². The fourth-order valence-electron chi connectivity index (χ4n) is 1.74. The number of fused-ring (bicyclic) bond motifs is 1. The number of pyridine rings is 1. The minimum Gasteiger partial charge on any atom is -0.383 e. The van der Waals surface area contributed by atoms with Crippen molar-refractivity contribution in [3.63, 3.8) is 0 Å². The molecule has 0 aliphatic heterocycles. The molecular weight excluding hydrogens is 230 g/mol. The van der Waals surface area contributed by atoms with Crippen LogP contribution in [0.1, 0.15) is 6.42 Å². The molecule has 2 rings (SSSR count). The number of ether oxygens (including phenoxy) is 1. The Kier molecular flexibility index (Phi) is 4.38. The molecule has 1 unspecified atom stereocenters. The summed E-state index contributed by atoms with van der Waals surface area (Å²) in [5.74, 6) is 0.763. The summed E-state index contributed by atoms with van der Waals surface area (Å²) >= 11 is 0. The Hall–Kier alpha value is -1.79. The number of nitrogens with two attached hydrogens (primary N) is 1. The lowest BCUT2D eigenvalue weighted by molar-refractivity contribution is 0.183. The summed E-state index contributed by atoms with van der Waals surface area (Å²) in [6, 6.07) is 3.93. The van der Waals surface area contributed by atoms with Gasteiger partial charge in [0.25, 0.3) is 0 Å². The number of methoxy groups -OCH3 is 1. The summed E-state index contributed by atoms with van der Waals surface area (Å²) in [6.45, 7) is 1.20. The molecule has 6 nitrogen and oxygen atoms in total. The molecule has 18 heavy (non-hydrogen) atoms. The quantitative estimate of drug-likeness (QED) is 0.785. The maximum absolute atomic E-state index is 5.57. The second kappa shape index (κ2) is 6.23. The van der Waals surface area contributed by atoms with Crippen LogP contribution in [0.15, 0.2) is 24.5 Å². The van der Waals surface area contributed by atoms with Gasteiger partial charge in [0.05, 0.1) is 12.6 Å². The maximum Gasteiger partial charge on any atom is 0.180 e. The first kappa shape index (κ1) is 12.7. The minimum atomic E-state index is 0.154. The molecule has 96 valence electrons. The Morgan fingerprint density at radius 2 is 2.17 bits per heavy atom. The van der Waals surface area contributed by atoms with Crippen molar-refractivity contribution >= 4 is 17.0 Å². The number of nitrogens with zero attached hydrogens (tertiary/aromatic N) is 3. The molecule has 0 fully saturated rings. The van der Waals surface area contributed by atoms with E-state index in [0.717, 1.165) is 17.8 Å². The summed E-state index contributed by atoms with van der Waals surface area (Å²) in [7, 11) is 1.67. The van der Waals surface area contributed by atoms with Crippen molar-refractivity contribution in [2.24, 2.45) is 5.73 Å². The van der Waals surface area contributed by atoms with Crippen molar-refractivity contribution in [1.29, 1.82) is 0 Å². The van der Waals surface area contributed by atoms with E-state index < -0.39 is 0 Å². The van der Waals surface area contributed by atoms with Crippen LogP contribution in [0.2, 0.25) is 0 Å². The first-order valence-electron chi connectivity index (χ1n) is 5.87. The lowest BCUT2D eigenvalue weighted by atomic mass is 10.2. The molecule has 0 aliphatic carbocycles. The molecule has 0 saturated heterocycles. The zero-order valence-corrected chi connectivity index (χ0v) is 10.3. The molecule has 2 aromatic rings. The standard InChI is InChI=1S/C12H17N5O/c1-18-8-9(4-5-13)16-11-3-2-10-12(17-11)15-7-6-14-10/h2-3,6-7,9H,4-5,8,13H2,1H3,(H,15,16,17). The van der Waals surface area contributed by atoms with E-state index in [0.29, 0.717) is 18.8 Å². The van der Waals surface area contributed by atoms with Gasteiger partial charge in [-0.05, 0) is 25.1 Å². The van der Waals surface area contributed by atoms with Crippen LogP contribution in [0.5, 0.6) is 0 Å². The Morgan fingerprint density at radius 3 is 2.94 bits per heavy atom. The molecular formula is C12H17N5O. The highest BCUT2D eigenvalue weighted by molar-refractivity contribution is 5.71. The number of anilines is 1. The van der Waals surface area contributed by atoms with Crippen molar-refractivity contribution < 1.29 is 4.74 Å². The molecule has 0 bridgehead atoms. The second-order valence-electron chi connectivity index (χ2n) is 3.97. The van der Waals surface area contributed by atoms with Crippen LogP contribution >= 0.6 is 0 Å². The van der Waals surface area contributed by atoms with Crippen LogP contribution in [-0.4, -0.2) is 41.3 Å². The van der Waals surface area contributed by atoms with E-state index >= 15 is 0 Å². The van der Waals surface area contributed by atoms with E-state index in [4.69, 9.17) is 10.5 Å². The van der Waals surface area contributed by atoms with Gasteiger partial charge in [0, 0.05) is 19.5 Å². The highest BCUT2D eigenvalue weighted by atomic mass is 16.5. The molecule has 6 heteroatoms. The van der Waals surface area contributed by atoms with Gasteiger partial charge in [0.1, 0.15) is 11.3 Å². The highest BCUT2D eigenvalue weighted by Crippen LogP contribution is 2.12. The first-order chi connectivity index (χ1) is 8.83. The maximum atomic E-state index is 5.57. The van der Waals surface area contributed by atoms with E-state index in [1.54, 1.807) is 19.5 Å². The lowest BCUT2D eigenvalue weighted by Gasteiger charge is -2.17. The molecule has 0 aromatic carbocycles. The number of aromatic nitrogens is 3. The van der Waals surface area contributed by atoms with Gasteiger partial charge in [-0.2, -0.15) is 0 Å². The van der Waals surface area contributed by atoms with Gasteiger partial charge in [0.2, 0.25) is 0 Å². The number of rotatable bonds is 6. The molecule has 0 saturated carbocycles. The average molecular weight is 247 g/mol. The van der Waals surface area contributed by atoms with Crippen molar-refractivity contribution in [2.75, 3.05) is 25.6 Å². The molecule has 2 heterocycles. The van der Waals surface area contributed by atoms with Gasteiger partial charge in [0.15, 0.2) is 5.65 Å². The number of hydrogen-bond acceptors (Lipinski definition) is 6. The largest absolute Gasteiger partial charge is 0.383 e. The van der Waals surface area contributed by atoms with Crippen molar-refractivity contribution in [1.82, 2.24) is 15.0 Å². The number of hydrogen-bond donors (Lipinski definition) is 2. The third-order valence-electron chi connectivity index (χ3n) is 2.57. The Labute approximate surface area is 106 Å². The normalized spacial score (nSPS) is 12.6. The predicted octanol–water partition coefficient (Wildman–Crippen LogP) is 0.800. The Morgan fingerprint density at radius 1 is 1.33 bits per heavy atom. The zero-order valence-electron chi connectivity index (χ0n) is 10.3. The van der Waals surface area contributed by atoms with Crippen LogP contribution in [-0.2, 0) is 4.74 Å². The lowest BCUT2D eigenvalue weighted by Crippen LogP contribution is -2.28. The van der Waals surface area contributed by atoms with E-state index in [2.05, 4.69) is 20.3 Å². The monoisotopic (exact) mass is 247 g/mol. The molecule has 2 aromatic heterocycles. The van der Waals surface area contributed by atoms with E-state index in [-0.39, 0.29) is 6.04 Å². The molecule has 0 aliphatic rings. The van der Waals surface area contributed by atoms with Crippen molar-refractivity contribution in [3.8, 4) is 0 Å². The molecule has 3 N–H and O–H groups in total. The summed E-state index contributed by atoms with van der Waals surface area (Å²) in [5.41, 5.74) is 6.98. The first-order valence-corrected chi connectivity index (χ1v) is 5.87. The van der Waals surface area contributed by atoms with Gasteiger partial charge < -0.3 is 15.8 Å². The summed E-state index contributed by atoms with van der Waals surface area (Å²) < 4.78 is 5.14. The average Bonchev–Trinajstić information content (AvgIpc) is 2.39. The van der Waals surface area contributed by atoms with Crippen molar-refractivity contribution in [3.05, 3.63) is 24.5 Å². The van der Waals surface area contributed by atoms with Crippen LogP contribution in [0.4, 0.5) is 5.82 Å². The van der Waals surface area contributed by atoms with Gasteiger partial charge in [-0.3, -0.25) is 4.98 Å². The topological polar surface area (TPSA) is 86.0 Å². The van der Waals surface area contributed by atoms with Gasteiger partial charge >= 0.3 is 0 Å². The second-order valence-corrected chi connectivity index (χ2v) is 3.97. The fraction of sp³-hybridized carbons (Fsp3) is 0.417. The van der Waals surface area contributed by atoms with Crippen LogP contribution < -0.4 is 11.1 Å². The van der Waals surface area contributed by atoms with Crippen LogP contribution in [0.3, 0.4) is 0 Å². The fourth-order valence-corrected chi connectivity index (χ4v) is 1.74. The predicted molar refractivity (Wildman–Crippen MR) is 70.3 cm³/mol. The summed E-state index contributed by atoms with van der Waals surface area (Å²) in [6.07, 6.45) is 4.11. The third-order valence-corrected chi connectivity index (χ3v) is 2.57. The zero-order chi connectivity index (χ0) is 12.8. The minimum absolute atomic E-state index is 0.154. The molecule has 0 amide bonds. The summed E-state index contributed by atoms with van der Waals surface area (Å²) in [5, 5.41) is 3.29. The van der Waals surface area contributed by atoms with E-state index in [1.807, 2.05) is 12.1 Å². The SMILES string of the molecule is COCC(CCN)Nc1ccc2nccnc2n1. The van der Waals surface area contributed by atoms with E-state index in [9.17, 15) is 0 Å². The molecule has 0 spiro atoms. The Balaban J connectivity index is 2.14. The highest BCUT2D eigenvalue weighted by Gasteiger charge is 2.08. The third kappa shape index (κ3) is 3.12. The molecule has 0 radical (unpaired) electrons. The van der Waals surface area contributed by atoms with Crippen molar-refractivity contribution in [2.45, 2.75) is 12.5 Å².